The minimum absolute atomic E-state index is 0.101. The topological polar surface area (TPSA) is 66.9 Å². The average molecular weight is 392 g/mol. The highest BCUT2D eigenvalue weighted by atomic mass is 32.2. The maximum Gasteiger partial charge on any atom is 0.234 e. The third kappa shape index (κ3) is 4.77. The molecule has 26 heavy (non-hydrogen) atoms. The first-order valence-corrected chi connectivity index (χ1v) is 9.35. The standard InChI is InChI=1S/C17H14F2N4OS2/c1-10-6-7-11(8-13(10)19)20-15(24)9-25-17-23-22-16(26-17)21-14-5-3-2-4-12(14)18/h2-8H,9H2,1H3,(H,20,24)(H,21,22). The zero-order valence-electron chi connectivity index (χ0n) is 13.6. The van der Waals surface area contributed by atoms with Gasteiger partial charge >= 0.3 is 0 Å². The summed E-state index contributed by atoms with van der Waals surface area (Å²) in [5.74, 6) is -0.939. The van der Waals surface area contributed by atoms with E-state index >= 15 is 0 Å². The lowest BCUT2D eigenvalue weighted by Gasteiger charge is -2.05. The number of thioether (sulfide) groups is 1. The molecule has 0 aliphatic heterocycles. The molecule has 0 bridgehead atoms. The van der Waals surface area contributed by atoms with Gasteiger partial charge in [-0.25, -0.2) is 8.78 Å². The van der Waals surface area contributed by atoms with Gasteiger partial charge in [-0.2, -0.15) is 0 Å². The highest BCUT2D eigenvalue weighted by Crippen LogP contribution is 2.28. The molecule has 2 aromatic carbocycles. The molecule has 0 unspecified atom stereocenters. The fourth-order valence-electron chi connectivity index (χ4n) is 1.99. The second kappa shape index (κ2) is 8.24. The van der Waals surface area contributed by atoms with Crippen LogP contribution in [0.15, 0.2) is 46.8 Å². The van der Waals surface area contributed by atoms with E-state index in [4.69, 9.17) is 0 Å². The van der Waals surface area contributed by atoms with Crippen molar-refractivity contribution < 1.29 is 13.6 Å². The first-order valence-electron chi connectivity index (χ1n) is 7.55. The molecule has 0 saturated carbocycles. The van der Waals surface area contributed by atoms with Crippen LogP contribution < -0.4 is 10.6 Å². The van der Waals surface area contributed by atoms with E-state index in [1.165, 1.54) is 35.2 Å². The van der Waals surface area contributed by atoms with Gasteiger partial charge < -0.3 is 10.6 Å². The summed E-state index contributed by atoms with van der Waals surface area (Å²) in [5.41, 5.74) is 1.22. The Bertz CT molecular complexity index is 933. The Morgan fingerprint density at radius 2 is 1.96 bits per heavy atom. The summed E-state index contributed by atoms with van der Waals surface area (Å²) in [6.45, 7) is 1.65. The van der Waals surface area contributed by atoms with Gasteiger partial charge in [0.2, 0.25) is 11.0 Å². The van der Waals surface area contributed by atoms with Gasteiger partial charge in [-0.3, -0.25) is 4.79 Å². The zero-order valence-corrected chi connectivity index (χ0v) is 15.3. The van der Waals surface area contributed by atoms with Crippen molar-refractivity contribution in [3.8, 4) is 0 Å². The van der Waals surface area contributed by atoms with Crippen LogP contribution in [-0.2, 0) is 4.79 Å². The van der Waals surface area contributed by atoms with E-state index in [9.17, 15) is 13.6 Å². The summed E-state index contributed by atoms with van der Waals surface area (Å²) in [6, 6.07) is 10.8. The van der Waals surface area contributed by atoms with Crippen LogP contribution in [0, 0.1) is 18.6 Å². The number of para-hydroxylation sites is 1. The van der Waals surface area contributed by atoms with Crippen LogP contribution >= 0.6 is 23.1 Å². The number of amides is 1. The Morgan fingerprint density at radius 3 is 2.73 bits per heavy atom. The molecular weight excluding hydrogens is 378 g/mol. The number of anilines is 3. The molecule has 0 spiro atoms. The highest BCUT2D eigenvalue weighted by Gasteiger charge is 2.10. The zero-order chi connectivity index (χ0) is 18.5. The molecule has 0 radical (unpaired) electrons. The third-order valence-electron chi connectivity index (χ3n) is 3.30. The molecule has 0 aliphatic carbocycles. The molecule has 2 N–H and O–H groups in total. The smallest absolute Gasteiger partial charge is 0.234 e. The SMILES string of the molecule is Cc1ccc(NC(=O)CSc2nnc(Nc3ccccc3F)s2)cc1F. The van der Waals surface area contributed by atoms with Crippen LogP contribution in [0.2, 0.25) is 0 Å². The normalized spacial score (nSPS) is 10.6. The van der Waals surface area contributed by atoms with E-state index < -0.39 is 0 Å². The number of hydrogen-bond acceptors (Lipinski definition) is 6. The van der Waals surface area contributed by atoms with Gasteiger partial charge in [-0.05, 0) is 36.8 Å². The molecule has 1 heterocycles. The molecule has 0 aliphatic rings. The lowest BCUT2D eigenvalue weighted by atomic mass is 10.2. The minimum Gasteiger partial charge on any atom is -0.328 e. The first-order chi connectivity index (χ1) is 12.5. The summed E-state index contributed by atoms with van der Waals surface area (Å²) >= 11 is 2.41. The van der Waals surface area contributed by atoms with Crippen molar-refractivity contribution in [3.05, 3.63) is 59.7 Å². The minimum atomic E-state index is -0.387. The number of rotatable bonds is 6. The number of hydrogen-bond donors (Lipinski definition) is 2. The number of nitrogens with zero attached hydrogens (tertiary/aromatic N) is 2. The Labute approximate surface area is 156 Å². The van der Waals surface area contributed by atoms with Gasteiger partial charge in [-0.1, -0.05) is 41.3 Å². The van der Waals surface area contributed by atoms with Crippen molar-refractivity contribution in [2.24, 2.45) is 0 Å². The van der Waals surface area contributed by atoms with Crippen molar-refractivity contribution in [2.75, 3.05) is 16.4 Å². The van der Waals surface area contributed by atoms with Crippen LogP contribution in [0.25, 0.3) is 0 Å². The van der Waals surface area contributed by atoms with Crippen LogP contribution in [-0.4, -0.2) is 21.9 Å². The summed E-state index contributed by atoms with van der Waals surface area (Å²) in [4.78, 5) is 12.0. The molecule has 0 atom stereocenters. The van der Waals surface area contributed by atoms with Crippen molar-refractivity contribution >= 4 is 45.5 Å². The van der Waals surface area contributed by atoms with Crippen LogP contribution in [0.1, 0.15) is 5.56 Å². The summed E-state index contributed by atoms with van der Waals surface area (Å²) in [6.07, 6.45) is 0. The predicted octanol–water partition coefficient (Wildman–Crippen LogP) is 4.60. The van der Waals surface area contributed by atoms with E-state index in [-0.39, 0.29) is 23.3 Å². The fraction of sp³-hybridized carbons (Fsp3) is 0.118. The molecule has 134 valence electrons. The number of carbonyl (C=O) groups excluding carboxylic acids is 1. The predicted molar refractivity (Wildman–Crippen MR) is 100 cm³/mol. The van der Waals surface area contributed by atoms with Gasteiger partial charge in [0.25, 0.3) is 0 Å². The van der Waals surface area contributed by atoms with E-state index in [2.05, 4.69) is 20.8 Å². The third-order valence-corrected chi connectivity index (χ3v) is 5.28. The van der Waals surface area contributed by atoms with Gasteiger partial charge in [0.15, 0.2) is 4.34 Å². The van der Waals surface area contributed by atoms with Gasteiger partial charge in [0.05, 0.1) is 11.4 Å². The summed E-state index contributed by atoms with van der Waals surface area (Å²) < 4.78 is 27.7. The second-order valence-electron chi connectivity index (χ2n) is 5.28. The van der Waals surface area contributed by atoms with Crippen molar-refractivity contribution in [3.63, 3.8) is 0 Å². The van der Waals surface area contributed by atoms with Crippen LogP contribution in [0.5, 0.6) is 0 Å². The molecule has 3 rings (SSSR count). The number of benzene rings is 2. The first kappa shape index (κ1) is 18.3. The van der Waals surface area contributed by atoms with E-state index in [0.29, 0.717) is 26.4 Å². The fourth-order valence-corrected chi connectivity index (χ4v) is 3.56. The number of aromatic nitrogens is 2. The monoisotopic (exact) mass is 392 g/mol. The number of nitrogens with one attached hydrogen (secondary N) is 2. The molecule has 0 saturated heterocycles. The van der Waals surface area contributed by atoms with Crippen molar-refractivity contribution in [1.82, 2.24) is 10.2 Å². The molecule has 9 heteroatoms. The van der Waals surface area contributed by atoms with E-state index in [1.807, 2.05) is 0 Å². The lowest BCUT2D eigenvalue weighted by Crippen LogP contribution is -2.14. The van der Waals surface area contributed by atoms with Crippen molar-refractivity contribution in [2.45, 2.75) is 11.3 Å². The maximum absolute atomic E-state index is 13.6. The second-order valence-corrected chi connectivity index (χ2v) is 7.48. The van der Waals surface area contributed by atoms with E-state index in [0.717, 1.165) is 0 Å². The molecule has 3 aromatic rings. The largest absolute Gasteiger partial charge is 0.328 e. The average Bonchev–Trinajstić information content (AvgIpc) is 3.06. The number of carbonyl (C=O) groups is 1. The maximum atomic E-state index is 13.6. The molecular formula is C17H14F2N4OS2. The Morgan fingerprint density at radius 1 is 1.15 bits per heavy atom. The number of aryl methyl sites for hydroxylation is 1. The van der Waals surface area contributed by atoms with Gasteiger partial charge in [0, 0.05) is 5.69 Å². The Kier molecular flexibility index (Phi) is 5.79. The lowest BCUT2D eigenvalue weighted by molar-refractivity contribution is -0.113. The Balaban J connectivity index is 1.53. The van der Waals surface area contributed by atoms with Gasteiger partial charge in [-0.15, -0.1) is 10.2 Å². The quantitative estimate of drug-likeness (QED) is 0.600. The van der Waals surface area contributed by atoms with Crippen LogP contribution in [0.3, 0.4) is 0 Å². The van der Waals surface area contributed by atoms with Gasteiger partial charge in [0.1, 0.15) is 11.6 Å². The summed E-state index contributed by atoms with van der Waals surface area (Å²) in [7, 11) is 0. The highest BCUT2D eigenvalue weighted by molar-refractivity contribution is 8.01. The molecule has 1 aromatic heterocycles. The Hall–Kier alpha value is -2.52. The van der Waals surface area contributed by atoms with Crippen molar-refractivity contribution in [1.29, 1.82) is 0 Å². The summed E-state index contributed by atoms with van der Waals surface area (Å²) in [5, 5.41) is 13.8. The number of halogens is 2. The molecule has 1 amide bonds. The van der Waals surface area contributed by atoms with Crippen LogP contribution in [0.4, 0.5) is 25.3 Å². The van der Waals surface area contributed by atoms with E-state index in [1.54, 1.807) is 37.3 Å². The molecule has 0 fully saturated rings. The molecule has 5 nitrogen and oxygen atoms in total.